The van der Waals surface area contributed by atoms with Crippen LogP contribution in [-0.4, -0.2) is 51.1 Å². The Morgan fingerprint density at radius 2 is 1.96 bits per heavy atom. The van der Waals surface area contributed by atoms with Crippen molar-refractivity contribution in [2.45, 2.75) is 18.6 Å². The van der Waals surface area contributed by atoms with Gasteiger partial charge in [0.05, 0.1) is 17.1 Å². The number of sulfone groups is 1. The Morgan fingerprint density at radius 3 is 2.58 bits per heavy atom. The topological polar surface area (TPSA) is 98.8 Å². The third-order valence-electron chi connectivity index (χ3n) is 3.48. The molecule has 11 heteroatoms. The normalized spacial score (nSPS) is 19.0. The van der Waals surface area contributed by atoms with Crippen molar-refractivity contribution in [3.05, 3.63) is 29.8 Å². The SMILES string of the molecule is O=C(COC(=O)COc1cccc(C(F)(F)F)c1)N[C@H]1CCS(=O)(=O)C1. The first kappa shape index (κ1) is 20.0. The quantitative estimate of drug-likeness (QED) is 0.720. The average molecular weight is 395 g/mol. The van der Waals surface area contributed by atoms with Crippen LogP contribution < -0.4 is 10.1 Å². The monoisotopic (exact) mass is 395 g/mol. The van der Waals surface area contributed by atoms with Crippen LogP contribution in [0.15, 0.2) is 24.3 Å². The number of esters is 1. The van der Waals surface area contributed by atoms with Gasteiger partial charge in [0, 0.05) is 6.04 Å². The van der Waals surface area contributed by atoms with Crippen molar-refractivity contribution >= 4 is 21.7 Å². The molecule has 1 fully saturated rings. The molecule has 0 spiro atoms. The van der Waals surface area contributed by atoms with Gasteiger partial charge in [0.15, 0.2) is 23.1 Å². The van der Waals surface area contributed by atoms with Gasteiger partial charge in [-0.25, -0.2) is 13.2 Å². The van der Waals surface area contributed by atoms with E-state index in [9.17, 15) is 31.2 Å². The number of carbonyl (C=O) groups is 2. The first-order valence-corrected chi connectivity index (χ1v) is 9.33. The van der Waals surface area contributed by atoms with E-state index in [1.54, 1.807) is 0 Å². The lowest BCUT2D eigenvalue weighted by Gasteiger charge is -2.12. The third kappa shape index (κ3) is 6.21. The van der Waals surface area contributed by atoms with Gasteiger partial charge in [0.25, 0.3) is 5.91 Å². The molecule has 0 bridgehead atoms. The lowest BCUT2D eigenvalue weighted by molar-refractivity contribution is -0.150. The first-order valence-electron chi connectivity index (χ1n) is 7.51. The Labute approximate surface area is 147 Å². The van der Waals surface area contributed by atoms with Gasteiger partial charge in [0.2, 0.25) is 0 Å². The molecular formula is C15H16F3NO6S. The highest BCUT2D eigenvalue weighted by Crippen LogP contribution is 2.31. The van der Waals surface area contributed by atoms with E-state index in [2.05, 4.69) is 10.1 Å². The summed E-state index contributed by atoms with van der Waals surface area (Å²) in [6.45, 7) is -1.31. The number of amides is 1. The number of nitrogens with one attached hydrogen (secondary N) is 1. The number of ether oxygens (including phenoxy) is 2. The van der Waals surface area contributed by atoms with Crippen LogP contribution in [0.2, 0.25) is 0 Å². The molecule has 144 valence electrons. The largest absolute Gasteiger partial charge is 0.482 e. The molecule has 7 nitrogen and oxygen atoms in total. The number of hydrogen-bond acceptors (Lipinski definition) is 6. The second-order valence-electron chi connectivity index (χ2n) is 5.64. The number of alkyl halides is 3. The third-order valence-corrected chi connectivity index (χ3v) is 5.25. The van der Waals surface area contributed by atoms with E-state index in [4.69, 9.17) is 4.74 Å². The summed E-state index contributed by atoms with van der Waals surface area (Å²) in [5, 5.41) is 2.43. The zero-order valence-electron chi connectivity index (χ0n) is 13.4. The molecule has 1 aliphatic heterocycles. The maximum Gasteiger partial charge on any atom is 0.416 e. The van der Waals surface area contributed by atoms with Gasteiger partial charge in [-0.2, -0.15) is 13.2 Å². The van der Waals surface area contributed by atoms with Crippen LogP contribution >= 0.6 is 0 Å². The summed E-state index contributed by atoms with van der Waals surface area (Å²) in [6.07, 6.45) is -4.24. The molecule has 26 heavy (non-hydrogen) atoms. The van der Waals surface area contributed by atoms with Crippen LogP contribution in [0.4, 0.5) is 13.2 Å². The van der Waals surface area contributed by atoms with Crippen LogP contribution in [-0.2, 0) is 30.3 Å². The minimum absolute atomic E-state index is 0.0113. The first-order chi connectivity index (χ1) is 12.0. The van der Waals surface area contributed by atoms with Crippen molar-refractivity contribution in [3.8, 4) is 5.75 Å². The zero-order valence-corrected chi connectivity index (χ0v) is 14.2. The molecule has 1 saturated heterocycles. The standard InChI is InChI=1S/C15H16F3NO6S/c16-15(17,18)10-2-1-3-12(6-10)24-8-14(21)25-7-13(20)19-11-4-5-26(22,23)9-11/h1-3,6,11H,4-5,7-9H2,(H,19,20)/t11-/m0/s1. The smallest absolute Gasteiger partial charge is 0.416 e. The van der Waals surface area contributed by atoms with Crippen molar-refractivity contribution in [1.29, 1.82) is 0 Å². The van der Waals surface area contributed by atoms with Gasteiger partial charge < -0.3 is 14.8 Å². The minimum atomic E-state index is -4.54. The fraction of sp³-hybridized carbons (Fsp3) is 0.467. The van der Waals surface area contributed by atoms with E-state index in [1.807, 2.05) is 0 Å². The second kappa shape index (κ2) is 7.94. The molecule has 0 aromatic heterocycles. The number of carbonyl (C=O) groups excluding carboxylic acids is 2. The minimum Gasteiger partial charge on any atom is -0.482 e. The maximum atomic E-state index is 12.6. The van der Waals surface area contributed by atoms with Crippen molar-refractivity contribution in [1.82, 2.24) is 5.32 Å². The second-order valence-corrected chi connectivity index (χ2v) is 7.87. The van der Waals surface area contributed by atoms with Crippen molar-refractivity contribution in [3.63, 3.8) is 0 Å². The van der Waals surface area contributed by atoms with Crippen LogP contribution in [0.5, 0.6) is 5.75 Å². The molecular weight excluding hydrogens is 379 g/mol. The van der Waals surface area contributed by atoms with Crippen LogP contribution in [0.1, 0.15) is 12.0 Å². The number of benzene rings is 1. The predicted molar refractivity (Wildman–Crippen MR) is 83.1 cm³/mol. The summed E-state index contributed by atoms with van der Waals surface area (Å²) in [6, 6.07) is 3.45. The van der Waals surface area contributed by atoms with E-state index in [0.717, 1.165) is 18.2 Å². The molecule has 0 unspecified atom stereocenters. The van der Waals surface area contributed by atoms with Gasteiger partial charge in [-0.1, -0.05) is 6.07 Å². The summed E-state index contributed by atoms with van der Waals surface area (Å²) in [5.74, 6) is -1.96. The van der Waals surface area contributed by atoms with Gasteiger partial charge in [-0.15, -0.1) is 0 Å². The van der Waals surface area contributed by atoms with E-state index < -0.39 is 52.7 Å². The molecule has 1 aromatic rings. The summed E-state index contributed by atoms with van der Waals surface area (Å²) in [7, 11) is -3.15. The average Bonchev–Trinajstić information content (AvgIpc) is 2.89. The molecule has 1 heterocycles. The Hall–Kier alpha value is -2.30. The summed E-state index contributed by atoms with van der Waals surface area (Å²) in [5.41, 5.74) is -0.922. The summed E-state index contributed by atoms with van der Waals surface area (Å²) in [4.78, 5) is 23.1. The number of hydrogen-bond donors (Lipinski definition) is 1. The molecule has 2 rings (SSSR count). The zero-order chi connectivity index (χ0) is 19.4. The molecule has 0 saturated carbocycles. The van der Waals surface area contributed by atoms with Crippen LogP contribution in [0, 0.1) is 0 Å². The highest BCUT2D eigenvalue weighted by atomic mass is 32.2. The molecule has 1 N–H and O–H groups in total. The molecule has 1 aliphatic rings. The maximum absolute atomic E-state index is 12.6. The van der Waals surface area contributed by atoms with Gasteiger partial charge in [-0.3, -0.25) is 4.79 Å². The van der Waals surface area contributed by atoms with E-state index in [0.29, 0.717) is 6.42 Å². The van der Waals surface area contributed by atoms with Crippen molar-refractivity contribution < 1.29 is 40.7 Å². The molecule has 0 aliphatic carbocycles. The van der Waals surface area contributed by atoms with Gasteiger partial charge in [0.1, 0.15) is 5.75 Å². The summed E-state index contributed by atoms with van der Waals surface area (Å²) >= 11 is 0. The summed E-state index contributed by atoms with van der Waals surface area (Å²) < 4.78 is 69.8. The Balaban J connectivity index is 1.73. The van der Waals surface area contributed by atoms with Gasteiger partial charge in [-0.05, 0) is 24.6 Å². The highest BCUT2D eigenvalue weighted by Gasteiger charge is 2.31. The molecule has 0 radical (unpaired) electrons. The van der Waals surface area contributed by atoms with Gasteiger partial charge >= 0.3 is 12.1 Å². The number of rotatable bonds is 6. The Bertz CT molecular complexity index is 778. The fourth-order valence-electron chi connectivity index (χ4n) is 2.27. The van der Waals surface area contributed by atoms with E-state index >= 15 is 0 Å². The molecule has 1 aromatic carbocycles. The van der Waals surface area contributed by atoms with Crippen molar-refractivity contribution in [2.75, 3.05) is 24.7 Å². The lowest BCUT2D eigenvalue weighted by Crippen LogP contribution is -2.38. The molecule has 1 amide bonds. The van der Waals surface area contributed by atoms with Crippen LogP contribution in [0.3, 0.4) is 0 Å². The highest BCUT2D eigenvalue weighted by molar-refractivity contribution is 7.91. The Morgan fingerprint density at radius 1 is 1.23 bits per heavy atom. The van der Waals surface area contributed by atoms with Crippen molar-refractivity contribution in [2.24, 2.45) is 0 Å². The lowest BCUT2D eigenvalue weighted by atomic mass is 10.2. The van der Waals surface area contributed by atoms with E-state index in [-0.39, 0.29) is 17.3 Å². The Kier molecular flexibility index (Phi) is 6.11. The predicted octanol–water partition coefficient (Wildman–Crippen LogP) is 0.931. The van der Waals surface area contributed by atoms with E-state index in [1.165, 1.54) is 6.07 Å². The molecule has 1 atom stereocenters. The van der Waals surface area contributed by atoms with Crippen LogP contribution in [0.25, 0.3) is 0 Å². The fourth-order valence-corrected chi connectivity index (χ4v) is 3.94. The number of halogens is 3.